The van der Waals surface area contributed by atoms with Crippen molar-refractivity contribution in [2.24, 2.45) is 23.7 Å². The van der Waals surface area contributed by atoms with Crippen LogP contribution in [0.1, 0.15) is 81.4 Å². The van der Waals surface area contributed by atoms with E-state index in [0.717, 1.165) is 55.0 Å². The van der Waals surface area contributed by atoms with Crippen molar-refractivity contribution in [3.63, 3.8) is 0 Å². The molecule has 0 saturated heterocycles. The summed E-state index contributed by atoms with van der Waals surface area (Å²) in [6, 6.07) is 8.88. The van der Waals surface area contributed by atoms with E-state index in [2.05, 4.69) is 14.2 Å². The van der Waals surface area contributed by atoms with Crippen molar-refractivity contribution in [1.82, 2.24) is 19.8 Å². The zero-order chi connectivity index (χ0) is 40.0. The van der Waals surface area contributed by atoms with E-state index in [9.17, 15) is 33.9 Å². The fourth-order valence-corrected chi connectivity index (χ4v) is 11.1. The van der Waals surface area contributed by atoms with Crippen molar-refractivity contribution in [1.29, 1.82) is 0 Å². The highest BCUT2D eigenvalue weighted by atomic mass is 32.2. The second-order valence-corrected chi connectivity index (χ2v) is 19.3. The Morgan fingerprint density at radius 2 is 1.77 bits per heavy atom. The number of carbonyl (C=O) groups excluding carboxylic acids is 5. The van der Waals surface area contributed by atoms with Gasteiger partial charge in [-0.15, -0.1) is 20.7 Å². The van der Waals surface area contributed by atoms with Gasteiger partial charge in [0.2, 0.25) is 5.91 Å². The molecule has 2 aliphatic carbocycles. The largest absolute Gasteiger partial charge is 0.458 e. The third kappa shape index (κ3) is 7.71. The van der Waals surface area contributed by atoms with Crippen molar-refractivity contribution < 1.29 is 38.6 Å². The first kappa shape index (κ1) is 39.8. The van der Waals surface area contributed by atoms with E-state index >= 15 is 0 Å². The quantitative estimate of drug-likeness (QED) is 0.0889. The molecule has 57 heavy (non-hydrogen) atoms. The highest BCUT2D eigenvalue weighted by Gasteiger charge is 2.45. The summed E-state index contributed by atoms with van der Waals surface area (Å²) in [6.45, 7) is 2.74. The first-order valence-electron chi connectivity index (χ1n) is 19.7. The normalized spacial score (nSPS) is 25.6. The molecule has 5 heterocycles. The number of imide groups is 1. The van der Waals surface area contributed by atoms with E-state index in [4.69, 9.17) is 14.5 Å². The molecule has 0 bridgehead atoms. The number of aromatic nitrogens is 2. The molecule has 3 atom stereocenters. The molecule has 0 radical (unpaired) electrons. The molecule has 2 unspecified atom stereocenters. The number of esters is 2. The highest BCUT2D eigenvalue weighted by molar-refractivity contribution is 8.16. The maximum Gasteiger partial charge on any atom is 0.343 e. The molecule has 3 aliphatic heterocycles. The van der Waals surface area contributed by atoms with Crippen LogP contribution in [0.5, 0.6) is 5.75 Å². The van der Waals surface area contributed by atoms with Crippen LogP contribution in [-0.2, 0) is 47.5 Å². The Morgan fingerprint density at radius 1 is 1.04 bits per heavy atom. The second kappa shape index (κ2) is 16.4. The Balaban J connectivity index is 0.806. The zero-order valence-electron chi connectivity index (χ0n) is 31.7. The minimum atomic E-state index is -1.89. The van der Waals surface area contributed by atoms with E-state index < -0.39 is 11.6 Å². The van der Waals surface area contributed by atoms with Crippen LogP contribution in [-0.4, -0.2) is 67.8 Å². The average molecular weight is 833 g/mol. The molecule has 3 amide bonds. The number of hydrogen-bond donors (Lipinski definition) is 2. The van der Waals surface area contributed by atoms with Crippen molar-refractivity contribution in [2.45, 2.75) is 83.5 Å². The molecule has 2 N–H and O–H groups in total. The van der Waals surface area contributed by atoms with Gasteiger partial charge in [-0.2, -0.15) is 0 Å². The standard InChI is InChI=1S/C41H46N4O9P2S/c1-2-41(52)30-15-32-35-27(19-44(32)37(48)29(30)20-53-40(41)51)13-26-14-28(11-12-31(26)43-35)54-39(50)25-9-3-22(4-10-25)17-42-36(47)24-7-5-23(6-8-24)18-45-34(46)16-33(38(45)49)57-21-56-55/h11-16,22-25,52,56H,2-10,17-21,55H2,1H3,(H,42,47)/t22?,23?,24?,25?,41-/m0/s1. The van der Waals surface area contributed by atoms with E-state index in [1.807, 2.05) is 6.07 Å². The molecule has 300 valence electrons. The predicted octanol–water partition coefficient (Wildman–Crippen LogP) is 5.13. The van der Waals surface area contributed by atoms with Gasteiger partial charge in [0, 0.05) is 47.1 Å². The molecule has 2 saturated carbocycles. The summed E-state index contributed by atoms with van der Waals surface area (Å²) < 4.78 is 12.6. The minimum Gasteiger partial charge on any atom is -0.458 e. The van der Waals surface area contributed by atoms with Crippen molar-refractivity contribution >= 4 is 69.5 Å². The Hall–Kier alpha value is -3.96. The van der Waals surface area contributed by atoms with Crippen LogP contribution in [0.2, 0.25) is 0 Å². The van der Waals surface area contributed by atoms with E-state index in [-0.39, 0.29) is 83.6 Å². The molecule has 5 aliphatic rings. The van der Waals surface area contributed by atoms with Gasteiger partial charge < -0.3 is 24.5 Å². The molecular weight excluding hydrogens is 786 g/mol. The molecule has 8 rings (SSSR count). The number of pyridine rings is 2. The predicted molar refractivity (Wildman–Crippen MR) is 219 cm³/mol. The number of fused-ring (bicyclic) bond motifs is 5. The smallest absolute Gasteiger partial charge is 0.343 e. The summed E-state index contributed by atoms with van der Waals surface area (Å²) in [5.41, 5.74) is 1.70. The number of nitrogens with zero attached hydrogens (tertiary/aromatic N) is 3. The Bertz CT molecular complexity index is 2260. The summed E-state index contributed by atoms with van der Waals surface area (Å²) in [4.78, 5) is 84.2. The van der Waals surface area contributed by atoms with Crippen LogP contribution in [0.4, 0.5) is 0 Å². The van der Waals surface area contributed by atoms with Gasteiger partial charge >= 0.3 is 11.9 Å². The fraction of sp³-hybridized carbons (Fsp3) is 0.488. The SMILES string of the molecule is CC[C@@]1(O)C(=O)OCc2c1cc1n(c2=O)Cc2cc3cc(OC(=O)C4CCC(CNC(=O)C5CCC(CN6C(=O)C=C(SCPP)C6=O)CC5)CC4)ccc3nc2-1. The molecular formula is C41H46N4O9P2S. The molecule has 16 heteroatoms. The van der Waals surface area contributed by atoms with Crippen LogP contribution in [0.15, 0.2) is 46.1 Å². The number of hydrogen-bond acceptors (Lipinski definition) is 11. The second-order valence-electron chi connectivity index (χ2n) is 15.8. The number of amides is 3. The van der Waals surface area contributed by atoms with E-state index in [1.54, 1.807) is 35.8 Å². The van der Waals surface area contributed by atoms with E-state index in [1.165, 1.54) is 22.7 Å². The number of carbonyl (C=O) groups is 5. The molecule has 2 aromatic heterocycles. The topological polar surface area (TPSA) is 174 Å². The van der Waals surface area contributed by atoms with Gasteiger partial charge in [-0.1, -0.05) is 15.2 Å². The number of rotatable bonds is 11. The van der Waals surface area contributed by atoms with Crippen LogP contribution in [0.25, 0.3) is 22.3 Å². The first-order valence-corrected chi connectivity index (χ1v) is 23.7. The van der Waals surface area contributed by atoms with Crippen LogP contribution in [0, 0.1) is 23.7 Å². The summed E-state index contributed by atoms with van der Waals surface area (Å²) >= 11 is 1.43. The zero-order valence-corrected chi connectivity index (χ0v) is 34.7. The van der Waals surface area contributed by atoms with E-state index in [0.29, 0.717) is 61.8 Å². The van der Waals surface area contributed by atoms with Gasteiger partial charge in [0.05, 0.1) is 39.8 Å². The Kier molecular flexibility index (Phi) is 11.4. The monoisotopic (exact) mass is 832 g/mol. The van der Waals surface area contributed by atoms with Crippen LogP contribution < -0.4 is 15.6 Å². The first-order chi connectivity index (χ1) is 27.5. The third-order valence-corrected chi connectivity index (χ3v) is 15.7. The summed E-state index contributed by atoms with van der Waals surface area (Å²) in [6.07, 6.45) is 7.57. The Labute approximate surface area is 338 Å². The maximum absolute atomic E-state index is 13.5. The average Bonchev–Trinajstić information content (AvgIpc) is 3.71. The number of nitrogens with one attached hydrogen (secondary N) is 1. The van der Waals surface area contributed by atoms with Gasteiger partial charge in [0.25, 0.3) is 17.4 Å². The van der Waals surface area contributed by atoms with Gasteiger partial charge in [-0.05, 0) is 100.0 Å². The summed E-state index contributed by atoms with van der Waals surface area (Å²) in [5.74, 6) is -0.821. The molecule has 3 aromatic rings. The fourth-order valence-electron chi connectivity index (χ4n) is 8.96. The number of aliphatic hydroxyl groups is 1. The molecule has 1 aromatic carbocycles. The maximum atomic E-state index is 13.5. The number of cyclic esters (lactones) is 1. The Morgan fingerprint density at radius 3 is 2.51 bits per heavy atom. The highest BCUT2D eigenvalue weighted by Crippen LogP contribution is 2.40. The van der Waals surface area contributed by atoms with Crippen LogP contribution in [0.3, 0.4) is 0 Å². The number of thioether (sulfide) groups is 1. The molecule has 13 nitrogen and oxygen atoms in total. The lowest BCUT2D eigenvalue weighted by Gasteiger charge is -2.31. The lowest BCUT2D eigenvalue weighted by Crippen LogP contribution is -2.44. The lowest BCUT2D eigenvalue weighted by atomic mass is 9.80. The summed E-state index contributed by atoms with van der Waals surface area (Å²) in [5, 5.41) is 15.0. The summed E-state index contributed by atoms with van der Waals surface area (Å²) in [7, 11) is 3.28. The van der Waals surface area contributed by atoms with Gasteiger partial charge in [-0.3, -0.25) is 28.9 Å². The van der Waals surface area contributed by atoms with Gasteiger partial charge in [0.1, 0.15) is 12.4 Å². The lowest BCUT2D eigenvalue weighted by molar-refractivity contribution is -0.172. The number of benzene rings is 1. The molecule has 0 spiro atoms. The van der Waals surface area contributed by atoms with Crippen LogP contribution >= 0.6 is 29.0 Å². The van der Waals surface area contributed by atoms with Gasteiger partial charge in [-0.25, -0.2) is 9.78 Å². The van der Waals surface area contributed by atoms with Crippen molar-refractivity contribution in [3.8, 4) is 17.1 Å². The van der Waals surface area contributed by atoms with Crippen molar-refractivity contribution in [2.75, 3.05) is 18.6 Å². The van der Waals surface area contributed by atoms with Crippen molar-refractivity contribution in [3.05, 3.63) is 68.4 Å². The molecule has 2 fully saturated rings. The number of ether oxygens (including phenoxy) is 2. The minimum absolute atomic E-state index is 0.0585. The van der Waals surface area contributed by atoms with Gasteiger partial charge in [0.15, 0.2) is 5.60 Å². The third-order valence-electron chi connectivity index (χ3n) is 12.4.